The van der Waals surface area contributed by atoms with Gasteiger partial charge in [-0.05, 0) is 56.9 Å². The number of ether oxygens (including phenoxy) is 2. The maximum atomic E-state index is 12.2. The van der Waals surface area contributed by atoms with Crippen molar-refractivity contribution >= 4 is 5.91 Å². The van der Waals surface area contributed by atoms with Crippen molar-refractivity contribution in [1.29, 1.82) is 0 Å². The second-order valence-corrected chi connectivity index (χ2v) is 5.60. The van der Waals surface area contributed by atoms with E-state index in [9.17, 15) is 4.79 Å². The van der Waals surface area contributed by atoms with Crippen LogP contribution in [-0.4, -0.2) is 31.3 Å². The smallest absolute Gasteiger partial charge is 0.251 e. The quantitative estimate of drug-likeness (QED) is 0.788. The Kier molecular flexibility index (Phi) is 6.29. The molecule has 1 aliphatic heterocycles. The Bertz CT molecular complexity index is 512. The number of benzene rings is 1. The Morgan fingerprint density at radius 1 is 1.50 bits per heavy atom. The molecule has 0 spiro atoms. The molecule has 0 radical (unpaired) electrons. The van der Waals surface area contributed by atoms with Gasteiger partial charge in [-0.3, -0.25) is 4.79 Å². The Morgan fingerprint density at radius 3 is 2.91 bits per heavy atom. The Morgan fingerprint density at radius 2 is 2.27 bits per heavy atom. The van der Waals surface area contributed by atoms with Crippen LogP contribution in [0.1, 0.15) is 43.0 Å². The van der Waals surface area contributed by atoms with Crippen LogP contribution in [0.2, 0.25) is 0 Å². The molecular formula is C18H23NO3. The third-order valence-corrected chi connectivity index (χ3v) is 3.76. The van der Waals surface area contributed by atoms with Crippen LogP contribution in [0, 0.1) is 12.3 Å². The zero-order chi connectivity index (χ0) is 15.8. The first-order chi connectivity index (χ1) is 10.7. The van der Waals surface area contributed by atoms with Crippen molar-refractivity contribution < 1.29 is 14.3 Å². The number of hydrogen-bond donors (Lipinski definition) is 1. The molecule has 1 fully saturated rings. The second kappa shape index (κ2) is 8.45. The fourth-order valence-electron chi connectivity index (χ4n) is 2.51. The lowest BCUT2D eigenvalue weighted by Crippen LogP contribution is -2.33. The van der Waals surface area contributed by atoms with E-state index >= 15 is 0 Å². The summed E-state index contributed by atoms with van der Waals surface area (Å²) in [7, 11) is 0. The minimum Gasteiger partial charge on any atom is -0.481 e. The van der Waals surface area contributed by atoms with Crippen LogP contribution in [0.3, 0.4) is 0 Å². The molecule has 4 nitrogen and oxygen atoms in total. The molecule has 0 unspecified atom stereocenters. The molecule has 0 aromatic heterocycles. The zero-order valence-electron chi connectivity index (χ0n) is 13.0. The van der Waals surface area contributed by atoms with Crippen LogP contribution >= 0.6 is 0 Å². The van der Waals surface area contributed by atoms with Crippen molar-refractivity contribution in [3.63, 3.8) is 0 Å². The van der Waals surface area contributed by atoms with Crippen molar-refractivity contribution in [1.82, 2.24) is 5.32 Å². The fourth-order valence-corrected chi connectivity index (χ4v) is 2.51. The van der Waals surface area contributed by atoms with Gasteiger partial charge in [-0.15, -0.1) is 6.42 Å². The van der Waals surface area contributed by atoms with Crippen molar-refractivity contribution in [3.8, 4) is 18.1 Å². The van der Waals surface area contributed by atoms with Gasteiger partial charge in [-0.25, -0.2) is 0 Å². The molecule has 4 heteroatoms. The van der Waals surface area contributed by atoms with E-state index in [0.717, 1.165) is 32.3 Å². The summed E-state index contributed by atoms with van der Waals surface area (Å²) in [6.07, 6.45) is 9.72. The molecule has 1 aromatic carbocycles. The lowest BCUT2D eigenvalue weighted by Gasteiger charge is -2.16. The largest absolute Gasteiger partial charge is 0.481 e. The van der Waals surface area contributed by atoms with Crippen molar-refractivity contribution in [2.24, 2.45) is 0 Å². The summed E-state index contributed by atoms with van der Waals surface area (Å²) in [6.45, 7) is 3.13. The number of carbonyl (C=O) groups is 1. The van der Waals surface area contributed by atoms with Crippen LogP contribution in [0.4, 0.5) is 0 Å². The first-order valence-electron chi connectivity index (χ1n) is 7.78. The summed E-state index contributed by atoms with van der Waals surface area (Å²) in [5, 5.41) is 3.02. The van der Waals surface area contributed by atoms with Gasteiger partial charge in [0.15, 0.2) is 0 Å². The number of rotatable bonds is 7. The standard InChI is InChI=1S/C18H23NO3/c1-3-12-21-17-10-7-15(8-11-17)18(20)19-14(2)6-9-16-5-4-13-22-16/h1,7-8,10-11,14,16H,4-6,9,12-13H2,2H3,(H,19,20)/t14-,16-/m0/s1. The number of hydrogen-bond acceptors (Lipinski definition) is 3. The molecule has 0 bridgehead atoms. The molecule has 118 valence electrons. The Balaban J connectivity index is 1.76. The van der Waals surface area contributed by atoms with Crippen LogP contribution in [-0.2, 0) is 4.74 Å². The molecule has 1 N–H and O–H groups in total. The maximum Gasteiger partial charge on any atom is 0.251 e. The lowest BCUT2D eigenvalue weighted by atomic mass is 10.1. The predicted molar refractivity (Wildman–Crippen MR) is 85.9 cm³/mol. The summed E-state index contributed by atoms with van der Waals surface area (Å²) in [4.78, 5) is 12.2. The normalized spacial score (nSPS) is 18.5. The molecule has 1 saturated heterocycles. The van der Waals surface area contributed by atoms with Crippen molar-refractivity contribution in [2.75, 3.05) is 13.2 Å². The van der Waals surface area contributed by atoms with E-state index in [0.29, 0.717) is 17.4 Å². The van der Waals surface area contributed by atoms with Crippen LogP contribution in [0.25, 0.3) is 0 Å². The molecule has 1 aromatic rings. The molecule has 2 atom stereocenters. The Hall–Kier alpha value is -1.99. The average Bonchev–Trinajstić information content (AvgIpc) is 3.05. The van der Waals surface area contributed by atoms with E-state index in [1.165, 1.54) is 0 Å². The van der Waals surface area contributed by atoms with E-state index in [1.54, 1.807) is 24.3 Å². The second-order valence-electron chi connectivity index (χ2n) is 5.60. The van der Waals surface area contributed by atoms with Gasteiger partial charge in [0.2, 0.25) is 0 Å². The fraction of sp³-hybridized carbons (Fsp3) is 0.500. The molecule has 22 heavy (non-hydrogen) atoms. The number of nitrogens with one attached hydrogen (secondary N) is 1. The minimum atomic E-state index is -0.0664. The number of amides is 1. The molecular weight excluding hydrogens is 278 g/mol. The zero-order valence-corrected chi connectivity index (χ0v) is 13.0. The van der Waals surface area contributed by atoms with Gasteiger partial charge in [-0.2, -0.15) is 0 Å². The number of terminal acetylenes is 1. The first-order valence-corrected chi connectivity index (χ1v) is 7.78. The molecule has 1 amide bonds. The number of carbonyl (C=O) groups excluding carboxylic acids is 1. The van der Waals surface area contributed by atoms with E-state index in [4.69, 9.17) is 15.9 Å². The van der Waals surface area contributed by atoms with Crippen LogP contribution in [0.15, 0.2) is 24.3 Å². The summed E-state index contributed by atoms with van der Waals surface area (Å²) >= 11 is 0. The minimum absolute atomic E-state index is 0.0664. The summed E-state index contributed by atoms with van der Waals surface area (Å²) < 4.78 is 10.9. The maximum absolute atomic E-state index is 12.2. The highest BCUT2D eigenvalue weighted by Crippen LogP contribution is 2.18. The van der Waals surface area contributed by atoms with Gasteiger partial charge < -0.3 is 14.8 Å². The first kappa shape index (κ1) is 16.4. The van der Waals surface area contributed by atoms with Gasteiger partial charge in [0.25, 0.3) is 5.91 Å². The molecule has 0 saturated carbocycles. The summed E-state index contributed by atoms with van der Waals surface area (Å²) in [6, 6.07) is 7.13. The van der Waals surface area contributed by atoms with Gasteiger partial charge in [0.1, 0.15) is 12.4 Å². The third kappa shape index (κ3) is 5.09. The molecule has 1 heterocycles. The van der Waals surface area contributed by atoms with Crippen LogP contribution < -0.4 is 10.1 Å². The van der Waals surface area contributed by atoms with Crippen molar-refractivity contribution in [2.45, 2.75) is 44.8 Å². The SMILES string of the molecule is C#CCOc1ccc(C(=O)N[C@@H](C)CC[C@@H]2CCCO2)cc1. The van der Waals surface area contributed by atoms with Crippen LogP contribution in [0.5, 0.6) is 5.75 Å². The topological polar surface area (TPSA) is 47.6 Å². The van der Waals surface area contributed by atoms with Gasteiger partial charge >= 0.3 is 0 Å². The monoisotopic (exact) mass is 301 g/mol. The highest BCUT2D eigenvalue weighted by Gasteiger charge is 2.17. The predicted octanol–water partition coefficient (Wildman–Crippen LogP) is 2.78. The Labute approximate surface area is 132 Å². The molecule has 1 aliphatic rings. The van der Waals surface area contributed by atoms with E-state index in [2.05, 4.69) is 11.2 Å². The van der Waals surface area contributed by atoms with E-state index in [-0.39, 0.29) is 18.6 Å². The molecule has 0 aliphatic carbocycles. The van der Waals surface area contributed by atoms with E-state index in [1.807, 2.05) is 6.92 Å². The summed E-state index contributed by atoms with van der Waals surface area (Å²) in [5.74, 6) is 3.01. The third-order valence-electron chi connectivity index (χ3n) is 3.76. The lowest BCUT2D eigenvalue weighted by molar-refractivity contribution is 0.0899. The highest BCUT2D eigenvalue weighted by atomic mass is 16.5. The van der Waals surface area contributed by atoms with Crippen molar-refractivity contribution in [3.05, 3.63) is 29.8 Å². The van der Waals surface area contributed by atoms with Gasteiger partial charge in [-0.1, -0.05) is 5.92 Å². The highest BCUT2D eigenvalue weighted by molar-refractivity contribution is 5.94. The summed E-state index contributed by atoms with van der Waals surface area (Å²) in [5.41, 5.74) is 0.622. The molecule has 2 rings (SSSR count). The van der Waals surface area contributed by atoms with Gasteiger partial charge in [0.05, 0.1) is 6.10 Å². The van der Waals surface area contributed by atoms with Gasteiger partial charge in [0, 0.05) is 18.2 Å². The van der Waals surface area contributed by atoms with E-state index < -0.39 is 0 Å². The average molecular weight is 301 g/mol.